The van der Waals surface area contributed by atoms with E-state index in [1.807, 2.05) is 0 Å². The summed E-state index contributed by atoms with van der Waals surface area (Å²) in [6.45, 7) is 4.41. The molecule has 0 aliphatic heterocycles. The monoisotopic (exact) mass is 540 g/mol. The van der Waals surface area contributed by atoms with Gasteiger partial charge in [0.2, 0.25) is 0 Å². The normalized spacial score (nSPS) is 14.3. The van der Waals surface area contributed by atoms with Gasteiger partial charge >= 0.3 is 0 Å². The van der Waals surface area contributed by atoms with E-state index < -0.39 is 30.7 Å². The maximum absolute atomic E-state index is 12.0. The molecule has 0 aliphatic carbocycles. The van der Waals surface area contributed by atoms with Crippen LogP contribution in [0.25, 0.3) is 0 Å². The lowest BCUT2D eigenvalue weighted by Crippen LogP contribution is -2.39. The Balaban J connectivity index is 4.29. The van der Waals surface area contributed by atoms with E-state index in [4.69, 9.17) is 0 Å². The van der Waals surface area contributed by atoms with Gasteiger partial charge in [0.05, 0.1) is 0 Å². The maximum atomic E-state index is 12.0. The standard InChI is InChI=1S/C27H56O6S2/c1-3-5-7-9-11-13-14-15-17-19-21-23-25-27(35(31,32)33)26(34(28,29)30)24-22-20-18-16-12-10-8-6-4-2/h26-27H,3-25H2,1-2H3,(H,28,29,30)(H,31,32,33). The lowest BCUT2D eigenvalue weighted by atomic mass is 10.0. The zero-order valence-electron chi connectivity index (χ0n) is 22.8. The molecule has 2 unspecified atom stereocenters. The smallest absolute Gasteiger partial charge is 0.269 e. The summed E-state index contributed by atoms with van der Waals surface area (Å²) >= 11 is 0. The molecule has 0 aromatic rings. The van der Waals surface area contributed by atoms with Crippen LogP contribution < -0.4 is 0 Å². The topological polar surface area (TPSA) is 109 Å². The first-order chi connectivity index (χ1) is 16.6. The van der Waals surface area contributed by atoms with Crippen molar-refractivity contribution < 1.29 is 25.9 Å². The van der Waals surface area contributed by atoms with Gasteiger partial charge in [0, 0.05) is 0 Å². The molecule has 8 heteroatoms. The van der Waals surface area contributed by atoms with Crippen LogP contribution in [0, 0.1) is 0 Å². The van der Waals surface area contributed by atoms with E-state index >= 15 is 0 Å². The largest absolute Gasteiger partial charge is 0.285 e. The number of hydrogen-bond donors (Lipinski definition) is 2. The molecule has 2 atom stereocenters. The Bertz CT molecular complexity index is 676. The molecule has 0 spiro atoms. The molecule has 0 saturated heterocycles. The lowest BCUT2D eigenvalue weighted by Gasteiger charge is -2.22. The van der Waals surface area contributed by atoms with Crippen LogP contribution in [0.3, 0.4) is 0 Å². The zero-order chi connectivity index (χ0) is 26.4. The molecule has 2 N–H and O–H groups in total. The highest BCUT2D eigenvalue weighted by atomic mass is 32.2. The predicted octanol–water partition coefficient (Wildman–Crippen LogP) is 8.51. The molecule has 0 rings (SSSR count). The molecule has 35 heavy (non-hydrogen) atoms. The molecule has 0 fully saturated rings. The summed E-state index contributed by atoms with van der Waals surface area (Å²) in [7, 11) is -9.12. The second kappa shape index (κ2) is 21.9. The summed E-state index contributed by atoms with van der Waals surface area (Å²) in [4.78, 5) is 0. The van der Waals surface area contributed by atoms with Crippen LogP contribution >= 0.6 is 0 Å². The number of unbranched alkanes of at least 4 members (excludes halogenated alkanes) is 19. The summed E-state index contributed by atoms with van der Waals surface area (Å²) in [5, 5.41) is -2.90. The molecule has 0 bridgehead atoms. The Kier molecular flexibility index (Phi) is 21.8. The third kappa shape index (κ3) is 20.6. The zero-order valence-corrected chi connectivity index (χ0v) is 24.4. The van der Waals surface area contributed by atoms with E-state index in [0.717, 1.165) is 44.9 Å². The van der Waals surface area contributed by atoms with Crippen LogP contribution in [0.15, 0.2) is 0 Å². The molecule has 0 aromatic heterocycles. The molecule has 0 aliphatic rings. The Labute approximate surface area is 217 Å². The van der Waals surface area contributed by atoms with E-state index in [9.17, 15) is 25.9 Å². The van der Waals surface area contributed by atoms with Gasteiger partial charge in [0.1, 0.15) is 10.5 Å². The first kappa shape index (κ1) is 34.8. The van der Waals surface area contributed by atoms with E-state index in [1.165, 1.54) is 77.0 Å². The fraction of sp³-hybridized carbons (Fsp3) is 1.00. The Morgan fingerprint density at radius 3 is 0.800 bits per heavy atom. The maximum Gasteiger partial charge on any atom is 0.269 e. The third-order valence-corrected chi connectivity index (χ3v) is 9.95. The van der Waals surface area contributed by atoms with Crippen molar-refractivity contribution in [3.63, 3.8) is 0 Å². The van der Waals surface area contributed by atoms with E-state index in [1.54, 1.807) is 0 Å². The highest BCUT2D eigenvalue weighted by molar-refractivity contribution is 7.90. The Morgan fingerprint density at radius 1 is 0.400 bits per heavy atom. The second-order valence-corrected chi connectivity index (χ2v) is 13.7. The van der Waals surface area contributed by atoms with E-state index in [0.29, 0.717) is 12.8 Å². The summed E-state index contributed by atoms with van der Waals surface area (Å²) in [5.41, 5.74) is 0. The van der Waals surface area contributed by atoms with Gasteiger partial charge in [-0.25, -0.2) is 0 Å². The summed E-state index contributed by atoms with van der Waals surface area (Å²) in [6, 6.07) is 0. The average molecular weight is 541 g/mol. The van der Waals surface area contributed by atoms with Crippen molar-refractivity contribution in [3.8, 4) is 0 Å². The van der Waals surface area contributed by atoms with Gasteiger partial charge in [-0.3, -0.25) is 9.11 Å². The quantitative estimate of drug-likeness (QED) is 0.0840. The van der Waals surface area contributed by atoms with E-state index in [-0.39, 0.29) is 12.8 Å². The first-order valence-electron chi connectivity index (χ1n) is 14.6. The van der Waals surface area contributed by atoms with Crippen LogP contribution in [-0.4, -0.2) is 36.4 Å². The van der Waals surface area contributed by atoms with Crippen molar-refractivity contribution in [2.45, 2.75) is 172 Å². The van der Waals surface area contributed by atoms with Gasteiger partial charge in [0.15, 0.2) is 0 Å². The van der Waals surface area contributed by atoms with Crippen molar-refractivity contribution >= 4 is 20.2 Å². The third-order valence-electron chi connectivity index (χ3n) is 7.11. The molecule has 0 amide bonds. The van der Waals surface area contributed by atoms with Crippen molar-refractivity contribution in [2.24, 2.45) is 0 Å². The fourth-order valence-corrected chi connectivity index (χ4v) is 7.71. The van der Waals surface area contributed by atoms with Crippen molar-refractivity contribution in [1.82, 2.24) is 0 Å². The minimum absolute atomic E-state index is 0.0668. The fourth-order valence-electron chi connectivity index (χ4n) is 4.90. The predicted molar refractivity (Wildman–Crippen MR) is 148 cm³/mol. The Hall–Kier alpha value is -0.180. The van der Waals surface area contributed by atoms with Crippen LogP contribution in [0.4, 0.5) is 0 Å². The highest BCUT2D eigenvalue weighted by Gasteiger charge is 2.39. The molecule has 0 aromatic carbocycles. The van der Waals surface area contributed by atoms with E-state index in [2.05, 4.69) is 13.8 Å². The van der Waals surface area contributed by atoms with Gasteiger partial charge in [0.25, 0.3) is 20.2 Å². The molecule has 0 saturated carbocycles. The molecule has 6 nitrogen and oxygen atoms in total. The van der Waals surface area contributed by atoms with Crippen molar-refractivity contribution in [3.05, 3.63) is 0 Å². The van der Waals surface area contributed by atoms with Gasteiger partial charge in [-0.2, -0.15) is 16.8 Å². The van der Waals surface area contributed by atoms with Crippen LogP contribution in [0.1, 0.15) is 162 Å². The molecule has 0 radical (unpaired) electrons. The average Bonchev–Trinajstić information content (AvgIpc) is 2.77. The molecule has 212 valence electrons. The van der Waals surface area contributed by atoms with Crippen molar-refractivity contribution in [1.29, 1.82) is 0 Å². The minimum atomic E-state index is -4.56. The minimum Gasteiger partial charge on any atom is -0.285 e. The SMILES string of the molecule is CCCCCCCCCCCCCCC(C(CCCCCCCCCCC)S(=O)(=O)O)S(=O)(=O)O. The first-order valence-corrected chi connectivity index (χ1v) is 17.6. The van der Waals surface area contributed by atoms with Crippen molar-refractivity contribution in [2.75, 3.05) is 0 Å². The molecule has 0 heterocycles. The van der Waals surface area contributed by atoms with Gasteiger partial charge in [-0.15, -0.1) is 0 Å². The summed E-state index contributed by atoms with van der Waals surface area (Å²) in [5.74, 6) is 0. The second-order valence-electron chi connectivity index (χ2n) is 10.4. The van der Waals surface area contributed by atoms with Gasteiger partial charge in [-0.1, -0.05) is 149 Å². The summed E-state index contributed by atoms with van der Waals surface area (Å²) in [6.07, 6.45) is 23.2. The van der Waals surface area contributed by atoms with Gasteiger partial charge in [-0.05, 0) is 12.8 Å². The van der Waals surface area contributed by atoms with Crippen LogP contribution in [0.2, 0.25) is 0 Å². The molecular formula is C27H56O6S2. The Morgan fingerprint density at radius 2 is 0.600 bits per heavy atom. The lowest BCUT2D eigenvalue weighted by molar-refractivity contribution is 0.415. The van der Waals surface area contributed by atoms with Gasteiger partial charge < -0.3 is 0 Å². The number of hydrogen-bond acceptors (Lipinski definition) is 4. The highest BCUT2D eigenvalue weighted by Crippen LogP contribution is 2.25. The van der Waals surface area contributed by atoms with Crippen LogP contribution in [-0.2, 0) is 20.2 Å². The summed E-state index contributed by atoms with van der Waals surface area (Å²) < 4.78 is 67.4. The van der Waals surface area contributed by atoms with Crippen LogP contribution in [0.5, 0.6) is 0 Å². The number of rotatable bonds is 26. The molecular weight excluding hydrogens is 484 g/mol.